The second-order valence-electron chi connectivity index (χ2n) is 7.90. The number of hydrogen-bond donors (Lipinski definition) is 2. The van der Waals surface area contributed by atoms with Gasteiger partial charge in [-0.15, -0.1) is 0 Å². The number of nitrogens with one attached hydrogen (secondary N) is 2. The summed E-state index contributed by atoms with van der Waals surface area (Å²) in [5.74, 6) is 0.390. The van der Waals surface area contributed by atoms with Crippen LogP contribution in [0.1, 0.15) is 40.0 Å². The van der Waals surface area contributed by atoms with Crippen LogP contribution in [-0.2, 0) is 0 Å². The van der Waals surface area contributed by atoms with Crippen LogP contribution in [0.25, 0.3) is 0 Å². The molecule has 0 aliphatic heterocycles. The van der Waals surface area contributed by atoms with Crippen molar-refractivity contribution >= 4 is 0 Å². The van der Waals surface area contributed by atoms with Gasteiger partial charge in [-0.3, -0.25) is 0 Å². The molecule has 2 aliphatic carbocycles. The molecular weight excluding hydrogens is 376 g/mol. The van der Waals surface area contributed by atoms with Gasteiger partial charge < -0.3 is 10.6 Å². The monoisotopic (exact) mass is 414 g/mol. The van der Waals surface area contributed by atoms with Crippen molar-refractivity contribution in [2.24, 2.45) is 5.92 Å². The average Bonchev–Trinajstić information content (AvgIpc) is 2.80. The van der Waals surface area contributed by atoms with Crippen LogP contribution in [0.4, 0.5) is 0 Å². The zero-order valence-electron chi connectivity index (χ0n) is 19.6. The molecule has 0 aromatic rings. The third kappa shape index (κ3) is 7.03. The van der Waals surface area contributed by atoms with Gasteiger partial charge in [-0.25, -0.2) is 0 Å². The maximum absolute atomic E-state index is 4.26. The van der Waals surface area contributed by atoms with Crippen molar-refractivity contribution in [2.45, 2.75) is 46.1 Å². The summed E-state index contributed by atoms with van der Waals surface area (Å²) in [5, 5.41) is 6.85. The fourth-order valence-corrected chi connectivity index (χ4v) is 3.91. The predicted octanol–water partition coefficient (Wildman–Crippen LogP) is 7.00. The van der Waals surface area contributed by atoms with Crippen molar-refractivity contribution in [3.8, 4) is 0 Å². The molecule has 0 heterocycles. The van der Waals surface area contributed by atoms with Crippen molar-refractivity contribution in [3.05, 3.63) is 120 Å². The highest BCUT2D eigenvalue weighted by Crippen LogP contribution is 2.31. The Morgan fingerprint density at radius 2 is 2.03 bits per heavy atom. The minimum Gasteiger partial charge on any atom is -0.393 e. The summed E-state index contributed by atoms with van der Waals surface area (Å²) in [6, 6.07) is 0.218. The smallest absolute Gasteiger partial charge is 0.0488 e. The maximum Gasteiger partial charge on any atom is 0.0488 e. The quantitative estimate of drug-likeness (QED) is 0.376. The van der Waals surface area contributed by atoms with E-state index in [9.17, 15) is 0 Å². The highest BCUT2D eigenvalue weighted by molar-refractivity contribution is 5.55. The molecule has 2 N–H and O–H groups in total. The Bertz CT molecular complexity index is 897. The standard InChI is InChI=1S/C29H38N2/c1-7-13-23(5)28-19-18-27(20-29(28)24(8-2)21-30-6)31-26(9-3)17-16-22(4)25-14-11-10-12-15-25/h8-14,16-19,21,25,27,30-31H,2,4,7,15,20H2,1,3,5-6H3/b17-16-,23-13+,24-21+,26-9+/t25-,27?/m1/s1. The van der Waals surface area contributed by atoms with E-state index in [0.29, 0.717) is 5.92 Å². The first kappa shape index (κ1) is 24.3. The van der Waals surface area contributed by atoms with Crippen molar-refractivity contribution in [1.82, 2.24) is 10.6 Å². The molecule has 0 fully saturated rings. The van der Waals surface area contributed by atoms with Gasteiger partial charge in [0.05, 0.1) is 0 Å². The van der Waals surface area contributed by atoms with E-state index in [0.717, 1.165) is 36.1 Å². The lowest BCUT2D eigenvalue weighted by atomic mass is 9.85. The molecule has 2 rings (SSSR count). The molecule has 0 bridgehead atoms. The van der Waals surface area contributed by atoms with Crippen molar-refractivity contribution in [2.75, 3.05) is 7.05 Å². The van der Waals surface area contributed by atoms with Gasteiger partial charge in [0, 0.05) is 30.9 Å². The van der Waals surface area contributed by atoms with Crippen LogP contribution in [-0.4, -0.2) is 13.1 Å². The highest BCUT2D eigenvalue weighted by Gasteiger charge is 2.19. The van der Waals surface area contributed by atoms with Crippen LogP contribution in [0.5, 0.6) is 0 Å². The minimum absolute atomic E-state index is 0.218. The van der Waals surface area contributed by atoms with Crippen molar-refractivity contribution in [1.29, 1.82) is 0 Å². The molecule has 2 aliphatic rings. The average molecular weight is 415 g/mol. The second kappa shape index (κ2) is 12.6. The summed E-state index contributed by atoms with van der Waals surface area (Å²) in [5.41, 5.74) is 7.30. The number of rotatable bonds is 10. The Labute approximate surface area is 189 Å². The van der Waals surface area contributed by atoms with Crippen LogP contribution < -0.4 is 10.6 Å². The Kier molecular flexibility index (Phi) is 9.90. The van der Waals surface area contributed by atoms with Crippen molar-refractivity contribution < 1.29 is 0 Å². The lowest BCUT2D eigenvalue weighted by Gasteiger charge is -2.26. The summed E-state index contributed by atoms with van der Waals surface area (Å²) in [4.78, 5) is 0. The van der Waals surface area contributed by atoms with E-state index in [2.05, 4.69) is 105 Å². The van der Waals surface area contributed by atoms with E-state index in [1.54, 1.807) is 0 Å². The zero-order chi connectivity index (χ0) is 22.6. The topological polar surface area (TPSA) is 24.1 Å². The molecule has 0 saturated carbocycles. The van der Waals surface area contributed by atoms with E-state index < -0.39 is 0 Å². The molecule has 0 aromatic carbocycles. The Morgan fingerprint density at radius 3 is 2.65 bits per heavy atom. The Morgan fingerprint density at radius 1 is 1.23 bits per heavy atom. The summed E-state index contributed by atoms with van der Waals surface area (Å²) in [6.45, 7) is 14.7. The van der Waals surface area contributed by atoms with Gasteiger partial charge in [-0.1, -0.05) is 80.8 Å². The SMILES string of the molecule is C=C/C(=C\NC)C1=C(/C(C)=C/CC)C=CC(NC(/C=C\C(=C)[C@@H]2C=CC=CC2)=C/C)C1. The lowest BCUT2D eigenvalue weighted by molar-refractivity contribution is 0.664. The van der Waals surface area contributed by atoms with Gasteiger partial charge in [0.25, 0.3) is 0 Å². The predicted molar refractivity (Wildman–Crippen MR) is 138 cm³/mol. The molecular formula is C29H38N2. The van der Waals surface area contributed by atoms with Crippen LogP contribution in [0, 0.1) is 5.92 Å². The molecule has 0 saturated heterocycles. The van der Waals surface area contributed by atoms with Crippen LogP contribution in [0.2, 0.25) is 0 Å². The van der Waals surface area contributed by atoms with Gasteiger partial charge in [0.1, 0.15) is 0 Å². The first-order valence-electron chi connectivity index (χ1n) is 11.3. The summed E-state index contributed by atoms with van der Waals surface area (Å²) >= 11 is 0. The molecule has 0 spiro atoms. The summed E-state index contributed by atoms with van der Waals surface area (Å²) in [6.07, 6.45) is 28.7. The molecule has 2 nitrogen and oxygen atoms in total. The number of hydrogen-bond acceptors (Lipinski definition) is 2. The van der Waals surface area contributed by atoms with Gasteiger partial charge in [0.15, 0.2) is 0 Å². The zero-order valence-corrected chi connectivity index (χ0v) is 19.6. The molecule has 164 valence electrons. The fourth-order valence-electron chi connectivity index (χ4n) is 3.91. The molecule has 2 atom stereocenters. The Hall–Kier alpha value is -3.00. The normalized spacial score (nSPS) is 22.3. The van der Waals surface area contributed by atoms with Crippen LogP contribution in [0.15, 0.2) is 120 Å². The van der Waals surface area contributed by atoms with Crippen LogP contribution in [0.3, 0.4) is 0 Å². The van der Waals surface area contributed by atoms with Gasteiger partial charge in [0.2, 0.25) is 0 Å². The molecule has 31 heavy (non-hydrogen) atoms. The fraction of sp³-hybridized carbons (Fsp3) is 0.310. The molecule has 1 unspecified atom stereocenters. The summed E-state index contributed by atoms with van der Waals surface area (Å²) in [7, 11) is 1.93. The van der Waals surface area contributed by atoms with E-state index in [-0.39, 0.29) is 6.04 Å². The summed E-state index contributed by atoms with van der Waals surface area (Å²) < 4.78 is 0. The highest BCUT2D eigenvalue weighted by atomic mass is 14.9. The minimum atomic E-state index is 0.218. The first-order valence-corrected chi connectivity index (χ1v) is 11.3. The van der Waals surface area contributed by atoms with E-state index in [1.807, 2.05) is 19.3 Å². The third-order valence-corrected chi connectivity index (χ3v) is 5.64. The van der Waals surface area contributed by atoms with Crippen LogP contribution >= 0.6 is 0 Å². The van der Waals surface area contributed by atoms with Gasteiger partial charge in [-0.2, -0.15) is 0 Å². The Balaban J connectivity index is 2.17. The largest absolute Gasteiger partial charge is 0.393 e. The lowest BCUT2D eigenvalue weighted by Crippen LogP contribution is -2.28. The first-order chi connectivity index (χ1) is 15.0. The second-order valence-corrected chi connectivity index (χ2v) is 7.90. The van der Waals surface area contributed by atoms with Gasteiger partial charge >= 0.3 is 0 Å². The number of allylic oxidation sites excluding steroid dienone is 14. The van der Waals surface area contributed by atoms with E-state index in [4.69, 9.17) is 0 Å². The maximum atomic E-state index is 4.26. The van der Waals surface area contributed by atoms with Gasteiger partial charge in [-0.05, 0) is 67.1 Å². The van der Waals surface area contributed by atoms with Crippen molar-refractivity contribution in [3.63, 3.8) is 0 Å². The molecule has 0 aromatic heterocycles. The molecule has 2 heteroatoms. The van der Waals surface area contributed by atoms with E-state index in [1.165, 1.54) is 16.7 Å². The molecule has 0 amide bonds. The van der Waals surface area contributed by atoms with E-state index >= 15 is 0 Å². The third-order valence-electron chi connectivity index (χ3n) is 5.64. The molecule has 0 radical (unpaired) electrons.